The smallest absolute Gasteiger partial charge is 0.278 e. The predicted molar refractivity (Wildman–Crippen MR) is 92.7 cm³/mol. The number of aliphatic imine (C=N–C) groups is 1. The Labute approximate surface area is 140 Å². The van der Waals surface area contributed by atoms with Crippen molar-refractivity contribution in [2.45, 2.75) is 26.7 Å². The van der Waals surface area contributed by atoms with Gasteiger partial charge >= 0.3 is 0 Å². The number of amides is 1. The molecular weight excluding hydrogens is 312 g/mol. The molecule has 0 radical (unpaired) electrons. The van der Waals surface area contributed by atoms with Crippen molar-refractivity contribution in [2.75, 3.05) is 19.1 Å². The quantitative estimate of drug-likeness (QED) is 0.774. The zero-order valence-corrected chi connectivity index (χ0v) is 14.2. The molecule has 0 atom stereocenters. The molecule has 0 spiro atoms. The number of ether oxygens (including phenoxy) is 2. The van der Waals surface area contributed by atoms with Crippen LogP contribution in [0.5, 0.6) is 11.5 Å². The second-order valence-electron chi connectivity index (χ2n) is 5.28. The Morgan fingerprint density at radius 1 is 1.30 bits per heavy atom. The van der Waals surface area contributed by atoms with Crippen molar-refractivity contribution in [3.63, 3.8) is 0 Å². The molecule has 0 N–H and O–H groups in total. The molecule has 0 aromatic heterocycles. The number of nitrogens with zero attached hydrogens (tertiary/aromatic N) is 2. The third kappa shape index (κ3) is 3.37. The summed E-state index contributed by atoms with van der Waals surface area (Å²) in [7, 11) is 0. The van der Waals surface area contributed by atoms with Crippen LogP contribution in [0.2, 0.25) is 0 Å². The minimum Gasteiger partial charge on any atom is -0.454 e. The number of thioether (sulfide) groups is 1. The SMILES string of the molecule is CCCCN1C(=O)/C(=C/c2ccc3c(c2)OCO3)N=C1SCC. The van der Waals surface area contributed by atoms with E-state index in [0.29, 0.717) is 11.4 Å². The van der Waals surface area contributed by atoms with Gasteiger partial charge in [0.15, 0.2) is 16.7 Å². The van der Waals surface area contributed by atoms with Gasteiger partial charge in [0.1, 0.15) is 5.70 Å². The monoisotopic (exact) mass is 332 g/mol. The summed E-state index contributed by atoms with van der Waals surface area (Å²) >= 11 is 1.61. The molecule has 5 nitrogen and oxygen atoms in total. The molecular formula is C17H20N2O3S. The van der Waals surface area contributed by atoms with Gasteiger partial charge in [0.05, 0.1) is 0 Å². The number of carbonyl (C=O) groups excluding carboxylic acids is 1. The van der Waals surface area contributed by atoms with Gasteiger partial charge in [-0.3, -0.25) is 9.69 Å². The van der Waals surface area contributed by atoms with Gasteiger partial charge in [-0.2, -0.15) is 0 Å². The molecule has 0 unspecified atom stereocenters. The molecule has 2 aliphatic rings. The van der Waals surface area contributed by atoms with E-state index < -0.39 is 0 Å². The average Bonchev–Trinajstić information content (AvgIpc) is 3.12. The Morgan fingerprint density at radius 3 is 2.91 bits per heavy atom. The lowest BCUT2D eigenvalue weighted by molar-refractivity contribution is -0.122. The van der Waals surface area contributed by atoms with E-state index >= 15 is 0 Å². The summed E-state index contributed by atoms with van der Waals surface area (Å²) < 4.78 is 10.7. The number of fused-ring (bicyclic) bond motifs is 1. The normalized spacial score (nSPS) is 18.0. The third-order valence-electron chi connectivity index (χ3n) is 3.62. The second kappa shape index (κ2) is 7.08. The van der Waals surface area contributed by atoms with Gasteiger partial charge < -0.3 is 9.47 Å². The summed E-state index contributed by atoms with van der Waals surface area (Å²) in [6.07, 6.45) is 3.84. The molecule has 0 saturated heterocycles. The topological polar surface area (TPSA) is 51.1 Å². The number of amidine groups is 1. The van der Waals surface area contributed by atoms with E-state index in [4.69, 9.17) is 9.47 Å². The molecule has 0 fully saturated rings. The summed E-state index contributed by atoms with van der Waals surface area (Å²) in [6.45, 7) is 5.15. The molecule has 2 heterocycles. The van der Waals surface area contributed by atoms with Crippen molar-refractivity contribution in [2.24, 2.45) is 4.99 Å². The summed E-state index contributed by atoms with van der Waals surface area (Å²) in [5.74, 6) is 2.32. The van der Waals surface area contributed by atoms with Crippen LogP contribution in [-0.4, -0.2) is 35.1 Å². The zero-order valence-electron chi connectivity index (χ0n) is 13.4. The lowest BCUT2D eigenvalue weighted by Gasteiger charge is -2.16. The van der Waals surface area contributed by atoms with Crippen LogP contribution in [0.4, 0.5) is 0 Å². The molecule has 0 aliphatic carbocycles. The number of hydrogen-bond acceptors (Lipinski definition) is 5. The molecule has 0 bridgehead atoms. The third-order valence-corrected chi connectivity index (χ3v) is 4.48. The van der Waals surface area contributed by atoms with Gasteiger partial charge in [0.25, 0.3) is 5.91 Å². The Hall–Kier alpha value is -1.95. The fourth-order valence-corrected chi connectivity index (χ4v) is 3.19. The Bertz CT molecular complexity index is 670. The van der Waals surface area contributed by atoms with Crippen molar-refractivity contribution in [3.8, 4) is 11.5 Å². The first-order valence-electron chi connectivity index (χ1n) is 7.87. The average molecular weight is 332 g/mol. The van der Waals surface area contributed by atoms with E-state index in [0.717, 1.165) is 41.6 Å². The maximum Gasteiger partial charge on any atom is 0.278 e. The van der Waals surface area contributed by atoms with Crippen LogP contribution in [0.3, 0.4) is 0 Å². The fourth-order valence-electron chi connectivity index (χ4n) is 2.44. The Balaban J connectivity index is 1.85. The van der Waals surface area contributed by atoms with E-state index in [1.54, 1.807) is 16.7 Å². The summed E-state index contributed by atoms with van der Waals surface area (Å²) in [5.41, 5.74) is 1.37. The molecule has 1 aromatic carbocycles. The minimum atomic E-state index is -0.0212. The second-order valence-corrected chi connectivity index (χ2v) is 6.51. The lowest BCUT2D eigenvalue weighted by atomic mass is 10.1. The molecule has 2 aliphatic heterocycles. The maximum absolute atomic E-state index is 12.6. The largest absolute Gasteiger partial charge is 0.454 e. The highest BCUT2D eigenvalue weighted by Crippen LogP contribution is 2.33. The van der Waals surface area contributed by atoms with Gasteiger partial charge in [-0.15, -0.1) is 0 Å². The van der Waals surface area contributed by atoms with Gasteiger partial charge in [0, 0.05) is 6.54 Å². The minimum absolute atomic E-state index is 0.0212. The highest BCUT2D eigenvalue weighted by atomic mass is 32.2. The van der Waals surface area contributed by atoms with Crippen LogP contribution in [0, 0.1) is 0 Å². The van der Waals surface area contributed by atoms with Crippen molar-refractivity contribution in [1.29, 1.82) is 0 Å². The molecule has 1 aromatic rings. The molecule has 6 heteroatoms. The summed E-state index contributed by atoms with van der Waals surface area (Å²) in [4.78, 5) is 18.9. The van der Waals surface area contributed by atoms with Gasteiger partial charge in [-0.25, -0.2) is 4.99 Å². The number of unbranched alkanes of at least 4 members (excludes halogenated alkanes) is 1. The maximum atomic E-state index is 12.6. The van der Waals surface area contributed by atoms with Crippen LogP contribution in [-0.2, 0) is 4.79 Å². The highest BCUT2D eigenvalue weighted by Gasteiger charge is 2.29. The summed E-state index contributed by atoms with van der Waals surface area (Å²) in [6, 6.07) is 5.64. The standard InChI is InChI=1S/C17H20N2O3S/c1-3-5-8-19-16(20)13(18-17(19)23-4-2)9-12-6-7-14-15(10-12)22-11-21-14/h6-7,9-10H,3-5,8,11H2,1-2H3/b13-9-. The van der Waals surface area contributed by atoms with Crippen LogP contribution in [0.15, 0.2) is 28.9 Å². The first-order valence-corrected chi connectivity index (χ1v) is 8.86. The number of hydrogen-bond donors (Lipinski definition) is 0. The molecule has 122 valence electrons. The van der Waals surface area contributed by atoms with E-state index in [-0.39, 0.29) is 12.7 Å². The van der Waals surface area contributed by atoms with E-state index in [9.17, 15) is 4.79 Å². The number of carbonyl (C=O) groups is 1. The number of rotatable bonds is 5. The molecule has 23 heavy (non-hydrogen) atoms. The Kier molecular flexibility index (Phi) is 4.91. The molecule has 0 saturated carbocycles. The zero-order chi connectivity index (χ0) is 16.2. The van der Waals surface area contributed by atoms with Gasteiger partial charge in [-0.1, -0.05) is 38.1 Å². The van der Waals surface area contributed by atoms with Gasteiger partial charge in [-0.05, 0) is 35.9 Å². The number of benzene rings is 1. The fraction of sp³-hybridized carbons (Fsp3) is 0.412. The van der Waals surface area contributed by atoms with Crippen LogP contribution < -0.4 is 9.47 Å². The predicted octanol–water partition coefficient (Wildman–Crippen LogP) is 3.51. The van der Waals surface area contributed by atoms with E-state index in [1.165, 1.54) is 0 Å². The van der Waals surface area contributed by atoms with Crippen molar-refractivity contribution in [1.82, 2.24) is 4.90 Å². The Morgan fingerprint density at radius 2 is 2.13 bits per heavy atom. The van der Waals surface area contributed by atoms with Crippen molar-refractivity contribution >= 4 is 28.9 Å². The van der Waals surface area contributed by atoms with Crippen LogP contribution in [0.1, 0.15) is 32.3 Å². The van der Waals surface area contributed by atoms with E-state index in [1.807, 2.05) is 24.3 Å². The molecule has 3 rings (SSSR count). The summed E-state index contributed by atoms with van der Waals surface area (Å²) in [5, 5.41) is 0.804. The van der Waals surface area contributed by atoms with Crippen LogP contribution in [0.25, 0.3) is 6.08 Å². The van der Waals surface area contributed by atoms with Gasteiger partial charge in [0.2, 0.25) is 6.79 Å². The van der Waals surface area contributed by atoms with E-state index in [2.05, 4.69) is 18.8 Å². The first-order chi connectivity index (χ1) is 11.2. The molecule has 1 amide bonds. The van der Waals surface area contributed by atoms with Crippen LogP contribution >= 0.6 is 11.8 Å². The highest BCUT2D eigenvalue weighted by molar-refractivity contribution is 8.13. The van der Waals surface area contributed by atoms with Crippen molar-refractivity contribution < 1.29 is 14.3 Å². The first kappa shape index (κ1) is 15.9. The van der Waals surface area contributed by atoms with Crippen molar-refractivity contribution in [3.05, 3.63) is 29.5 Å². The lowest BCUT2D eigenvalue weighted by Crippen LogP contribution is -2.31.